The highest BCUT2D eigenvalue weighted by Crippen LogP contribution is 2.17. The van der Waals surface area contributed by atoms with E-state index in [4.69, 9.17) is 0 Å². The third-order valence-corrected chi connectivity index (χ3v) is 3.20. The fourth-order valence-electron chi connectivity index (χ4n) is 1.68. The van der Waals surface area contributed by atoms with E-state index >= 15 is 0 Å². The van der Waals surface area contributed by atoms with Crippen LogP contribution in [0.1, 0.15) is 10.6 Å². The quantitative estimate of drug-likeness (QED) is 0.880. The number of hydrogen-bond donors (Lipinski definition) is 1. The van der Waals surface area contributed by atoms with Crippen molar-refractivity contribution in [3.63, 3.8) is 0 Å². The Morgan fingerprint density at radius 1 is 1.29 bits per heavy atom. The lowest BCUT2D eigenvalue weighted by atomic mass is 10.1. The smallest absolute Gasteiger partial charge is 0.112 e. The molecule has 0 radical (unpaired) electrons. The highest BCUT2D eigenvalue weighted by atomic mass is 32.1. The summed E-state index contributed by atoms with van der Waals surface area (Å²) in [6.07, 6.45) is 1.84. The van der Waals surface area contributed by atoms with Gasteiger partial charge in [-0.15, -0.1) is 11.3 Å². The van der Waals surface area contributed by atoms with Gasteiger partial charge in [0.25, 0.3) is 0 Å². The average Bonchev–Trinajstić information content (AvgIpc) is 2.80. The van der Waals surface area contributed by atoms with Gasteiger partial charge in [0, 0.05) is 23.8 Å². The van der Waals surface area contributed by atoms with Gasteiger partial charge in [-0.05, 0) is 25.7 Å². The first-order valence-electron chi connectivity index (χ1n) is 5.60. The Morgan fingerprint density at radius 3 is 2.82 bits per heavy atom. The van der Waals surface area contributed by atoms with Gasteiger partial charge in [0.1, 0.15) is 5.01 Å². The minimum absolute atomic E-state index is 0.794. The van der Waals surface area contributed by atoms with Crippen LogP contribution in [0.4, 0.5) is 5.69 Å². The summed E-state index contributed by atoms with van der Waals surface area (Å²) in [5.41, 5.74) is 2.51. The average molecular weight is 247 g/mol. The van der Waals surface area contributed by atoms with Crippen LogP contribution in [0.5, 0.6) is 0 Å². The van der Waals surface area contributed by atoms with Crippen LogP contribution in [-0.2, 0) is 13.1 Å². The SMILES string of the molecule is CN(C)Cc1ccccc1NCc1nccs1. The molecule has 2 aromatic rings. The van der Waals surface area contributed by atoms with Gasteiger partial charge in [-0.2, -0.15) is 0 Å². The molecule has 0 aliphatic carbocycles. The molecule has 4 heteroatoms. The van der Waals surface area contributed by atoms with Gasteiger partial charge in [-0.1, -0.05) is 18.2 Å². The molecular weight excluding hydrogens is 230 g/mol. The molecule has 0 unspecified atom stereocenters. The maximum absolute atomic E-state index is 4.27. The molecule has 0 bridgehead atoms. The predicted octanol–water partition coefficient (Wildman–Crippen LogP) is 2.82. The molecule has 1 aromatic heterocycles. The van der Waals surface area contributed by atoms with Crippen molar-refractivity contribution in [2.75, 3.05) is 19.4 Å². The minimum atomic E-state index is 0.794. The molecule has 3 nitrogen and oxygen atoms in total. The van der Waals surface area contributed by atoms with Crippen LogP contribution >= 0.6 is 11.3 Å². The molecule has 1 N–H and O–H groups in total. The van der Waals surface area contributed by atoms with Crippen molar-refractivity contribution in [2.24, 2.45) is 0 Å². The molecule has 0 saturated heterocycles. The number of thiazole rings is 1. The van der Waals surface area contributed by atoms with Crippen LogP contribution in [0.2, 0.25) is 0 Å². The van der Waals surface area contributed by atoms with E-state index in [-0.39, 0.29) is 0 Å². The highest BCUT2D eigenvalue weighted by molar-refractivity contribution is 7.09. The van der Waals surface area contributed by atoms with Gasteiger partial charge < -0.3 is 10.2 Å². The monoisotopic (exact) mass is 247 g/mol. The maximum Gasteiger partial charge on any atom is 0.112 e. The topological polar surface area (TPSA) is 28.2 Å². The molecule has 1 heterocycles. The van der Waals surface area contributed by atoms with Crippen molar-refractivity contribution in [3.05, 3.63) is 46.4 Å². The van der Waals surface area contributed by atoms with Crippen LogP contribution in [0.15, 0.2) is 35.8 Å². The van der Waals surface area contributed by atoms with Crippen molar-refractivity contribution in [1.29, 1.82) is 0 Å². The molecule has 0 fully saturated rings. The zero-order valence-electron chi connectivity index (χ0n) is 10.2. The fraction of sp³-hybridized carbons (Fsp3) is 0.308. The molecule has 0 aliphatic rings. The van der Waals surface area contributed by atoms with E-state index in [1.807, 2.05) is 11.6 Å². The molecule has 1 aromatic carbocycles. The third-order valence-electron chi connectivity index (χ3n) is 2.42. The van der Waals surface area contributed by atoms with Gasteiger partial charge in [0.15, 0.2) is 0 Å². The van der Waals surface area contributed by atoms with Crippen LogP contribution < -0.4 is 5.32 Å². The summed E-state index contributed by atoms with van der Waals surface area (Å²) in [7, 11) is 4.16. The summed E-state index contributed by atoms with van der Waals surface area (Å²) in [5, 5.41) is 6.56. The number of para-hydroxylation sites is 1. The Hall–Kier alpha value is -1.39. The second kappa shape index (κ2) is 5.80. The third kappa shape index (κ3) is 3.54. The molecule has 2 rings (SSSR count). The first-order valence-corrected chi connectivity index (χ1v) is 6.48. The summed E-state index contributed by atoms with van der Waals surface area (Å²) in [6.45, 7) is 1.74. The second-order valence-electron chi connectivity index (χ2n) is 4.17. The zero-order chi connectivity index (χ0) is 12.1. The summed E-state index contributed by atoms with van der Waals surface area (Å²) in [6, 6.07) is 8.41. The van der Waals surface area contributed by atoms with Crippen molar-refractivity contribution in [3.8, 4) is 0 Å². The van der Waals surface area contributed by atoms with Gasteiger partial charge in [-0.25, -0.2) is 4.98 Å². The molecular formula is C13H17N3S. The fourth-order valence-corrected chi connectivity index (χ4v) is 2.24. The lowest BCUT2D eigenvalue weighted by Crippen LogP contribution is -2.12. The van der Waals surface area contributed by atoms with Crippen molar-refractivity contribution in [1.82, 2.24) is 9.88 Å². The summed E-state index contributed by atoms with van der Waals surface area (Å²) in [5.74, 6) is 0. The van der Waals surface area contributed by atoms with Crippen molar-refractivity contribution in [2.45, 2.75) is 13.1 Å². The summed E-state index contributed by atoms with van der Waals surface area (Å²) < 4.78 is 0. The van der Waals surface area contributed by atoms with Crippen LogP contribution in [0.3, 0.4) is 0 Å². The van der Waals surface area contributed by atoms with E-state index in [9.17, 15) is 0 Å². The number of nitrogens with one attached hydrogen (secondary N) is 1. The lowest BCUT2D eigenvalue weighted by Gasteiger charge is -2.14. The Morgan fingerprint density at radius 2 is 2.12 bits per heavy atom. The Kier molecular flexibility index (Phi) is 4.12. The number of aromatic nitrogens is 1. The standard InChI is InChI=1S/C13H17N3S/c1-16(2)10-11-5-3-4-6-12(11)15-9-13-14-7-8-17-13/h3-8,15H,9-10H2,1-2H3. The molecule has 0 saturated carbocycles. The van der Waals surface area contributed by atoms with Crippen LogP contribution in [0, 0.1) is 0 Å². The maximum atomic E-state index is 4.27. The van der Waals surface area contributed by atoms with E-state index in [1.54, 1.807) is 11.3 Å². The second-order valence-corrected chi connectivity index (χ2v) is 5.15. The normalized spacial score (nSPS) is 10.8. The molecule has 90 valence electrons. The summed E-state index contributed by atoms with van der Waals surface area (Å²) >= 11 is 1.68. The Labute approximate surface area is 106 Å². The van der Waals surface area contributed by atoms with Gasteiger partial charge in [0.2, 0.25) is 0 Å². The van der Waals surface area contributed by atoms with E-state index in [1.165, 1.54) is 11.3 Å². The largest absolute Gasteiger partial charge is 0.378 e. The number of rotatable bonds is 5. The van der Waals surface area contributed by atoms with Crippen molar-refractivity contribution >= 4 is 17.0 Å². The van der Waals surface area contributed by atoms with E-state index in [2.05, 4.69) is 53.6 Å². The first-order chi connectivity index (χ1) is 8.25. The van der Waals surface area contributed by atoms with Crippen LogP contribution in [-0.4, -0.2) is 24.0 Å². The van der Waals surface area contributed by atoms with Gasteiger partial charge in [-0.3, -0.25) is 0 Å². The number of nitrogens with zero attached hydrogens (tertiary/aromatic N) is 2. The molecule has 0 spiro atoms. The highest BCUT2D eigenvalue weighted by Gasteiger charge is 2.03. The summed E-state index contributed by atoms with van der Waals surface area (Å²) in [4.78, 5) is 6.44. The molecule has 17 heavy (non-hydrogen) atoms. The number of hydrogen-bond acceptors (Lipinski definition) is 4. The lowest BCUT2D eigenvalue weighted by molar-refractivity contribution is 0.403. The molecule has 0 amide bonds. The van der Waals surface area contributed by atoms with Crippen molar-refractivity contribution < 1.29 is 0 Å². The molecule has 0 aliphatic heterocycles. The van der Waals surface area contributed by atoms with E-state index in [0.29, 0.717) is 0 Å². The van der Waals surface area contributed by atoms with Crippen LogP contribution in [0.25, 0.3) is 0 Å². The van der Waals surface area contributed by atoms with E-state index < -0.39 is 0 Å². The number of benzene rings is 1. The van der Waals surface area contributed by atoms with Gasteiger partial charge >= 0.3 is 0 Å². The predicted molar refractivity (Wildman–Crippen MR) is 73.3 cm³/mol. The number of anilines is 1. The Balaban J connectivity index is 2.04. The zero-order valence-corrected chi connectivity index (χ0v) is 11.0. The Bertz CT molecular complexity index is 451. The molecule has 0 atom stereocenters. The van der Waals surface area contributed by atoms with E-state index in [0.717, 1.165) is 18.1 Å². The minimum Gasteiger partial charge on any atom is -0.378 e. The first kappa shape index (κ1) is 12.1. The van der Waals surface area contributed by atoms with Gasteiger partial charge in [0.05, 0.1) is 6.54 Å².